The molecular weight excluding hydrogens is 452 g/mol. The molecule has 0 unspecified atom stereocenters. The number of allylic oxidation sites excluding steroid dienone is 1. The number of esters is 1. The van der Waals surface area contributed by atoms with Crippen LogP contribution >= 0.6 is 0 Å². The van der Waals surface area contributed by atoms with Gasteiger partial charge in [-0.3, -0.25) is 4.79 Å². The summed E-state index contributed by atoms with van der Waals surface area (Å²) < 4.78 is 6.02. The lowest BCUT2D eigenvalue weighted by Crippen LogP contribution is -2.51. The Bertz CT molecular complexity index is 782. The van der Waals surface area contributed by atoms with Crippen LogP contribution in [0, 0.1) is 46.3 Å². The first-order chi connectivity index (χ1) is 17.7. The van der Waals surface area contributed by atoms with Gasteiger partial charge in [0.15, 0.2) is 0 Å². The Balaban J connectivity index is 1.34. The number of ether oxygens (including phenoxy) is 1. The van der Waals surface area contributed by atoms with Crippen LogP contribution in [0.5, 0.6) is 0 Å². The van der Waals surface area contributed by atoms with Crippen LogP contribution in [0.1, 0.15) is 151 Å². The lowest BCUT2D eigenvalue weighted by atomic mass is 9.47. The van der Waals surface area contributed by atoms with Crippen LogP contribution in [-0.2, 0) is 9.53 Å². The number of hydrogen-bond acceptors (Lipinski definition) is 2. The van der Waals surface area contributed by atoms with E-state index in [1.54, 1.807) is 5.57 Å². The summed E-state index contributed by atoms with van der Waals surface area (Å²) in [5.74, 6) is 5.34. The van der Waals surface area contributed by atoms with E-state index in [0.717, 1.165) is 61.2 Å². The highest BCUT2D eigenvalue weighted by molar-refractivity contribution is 5.69. The maximum absolute atomic E-state index is 12.5. The number of carbonyl (C=O) groups is 1. The fourth-order valence-corrected chi connectivity index (χ4v) is 9.87. The lowest BCUT2D eigenvalue weighted by molar-refractivity contribution is -0.151. The third kappa shape index (κ3) is 6.35. The lowest BCUT2D eigenvalue weighted by Gasteiger charge is -2.58. The third-order valence-corrected chi connectivity index (χ3v) is 12.0. The van der Waals surface area contributed by atoms with E-state index in [4.69, 9.17) is 4.74 Å². The molecule has 4 rings (SSSR count). The van der Waals surface area contributed by atoms with Gasteiger partial charge in [-0.2, -0.15) is 0 Å². The predicted octanol–water partition coefficient (Wildman–Crippen LogP) is 10.3. The van der Waals surface area contributed by atoms with Crippen molar-refractivity contribution in [2.45, 2.75) is 157 Å². The zero-order valence-corrected chi connectivity index (χ0v) is 25.5. The highest BCUT2D eigenvalue weighted by Crippen LogP contribution is 2.67. The van der Waals surface area contributed by atoms with Crippen LogP contribution in [0.25, 0.3) is 0 Å². The van der Waals surface area contributed by atoms with Crippen LogP contribution in [0.15, 0.2) is 11.6 Å². The molecule has 37 heavy (non-hydrogen) atoms. The smallest absolute Gasteiger partial charge is 0.306 e. The molecule has 0 heterocycles. The number of unbranched alkanes of at least 4 members (excludes halogenated alkanes) is 4. The Kier molecular flexibility index (Phi) is 9.94. The Labute approximate surface area is 230 Å². The van der Waals surface area contributed by atoms with Gasteiger partial charge in [-0.05, 0) is 97.7 Å². The van der Waals surface area contributed by atoms with Gasteiger partial charge in [0.25, 0.3) is 0 Å². The Hall–Kier alpha value is -0.790. The molecule has 0 N–H and O–H groups in total. The quantitative estimate of drug-likeness (QED) is 0.148. The van der Waals surface area contributed by atoms with Crippen LogP contribution in [0.4, 0.5) is 0 Å². The molecule has 4 aliphatic carbocycles. The molecule has 8 atom stereocenters. The molecule has 0 bridgehead atoms. The summed E-state index contributed by atoms with van der Waals surface area (Å²) in [6, 6.07) is 0. The van der Waals surface area contributed by atoms with Gasteiger partial charge < -0.3 is 4.74 Å². The summed E-state index contributed by atoms with van der Waals surface area (Å²) in [7, 11) is 0. The van der Waals surface area contributed by atoms with Crippen LogP contribution in [-0.4, -0.2) is 12.1 Å². The van der Waals surface area contributed by atoms with E-state index >= 15 is 0 Å². The van der Waals surface area contributed by atoms with E-state index in [0.29, 0.717) is 17.3 Å². The van der Waals surface area contributed by atoms with E-state index in [-0.39, 0.29) is 12.1 Å². The van der Waals surface area contributed by atoms with E-state index in [2.05, 4.69) is 47.6 Å². The Morgan fingerprint density at radius 2 is 1.73 bits per heavy atom. The standard InChI is InChI=1S/C35H60O2/c1-7-8-9-10-11-15-33(36)37-28-20-22-34(5)27(24-28)16-17-29-31-19-18-30(26(4)14-12-13-25(2)3)35(31,6)23-21-32(29)34/h16,25-26,28-32H,7-15,17-24H2,1-6H3/t26-,28-,29+,30-,31+,32-,34+,35-/m1/s1. The first kappa shape index (κ1) is 29.2. The molecular formula is C35H60O2. The van der Waals surface area contributed by atoms with Gasteiger partial charge in [0.05, 0.1) is 0 Å². The van der Waals surface area contributed by atoms with Crippen LogP contribution < -0.4 is 0 Å². The van der Waals surface area contributed by atoms with Crippen molar-refractivity contribution in [2.75, 3.05) is 0 Å². The van der Waals surface area contributed by atoms with Crippen molar-refractivity contribution in [3.8, 4) is 0 Å². The second-order valence-electron chi connectivity index (χ2n) is 14.8. The number of hydrogen-bond donors (Lipinski definition) is 0. The van der Waals surface area contributed by atoms with E-state index in [9.17, 15) is 4.79 Å². The summed E-state index contributed by atoms with van der Waals surface area (Å²) in [4.78, 5) is 12.5. The molecule has 0 spiro atoms. The Morgan fingerprint density at radius 3 is 2.49 bits per heavy atom. The van der Waals surface area contributed by atoms with Crippen molar-refractivity contribution in [3.63, 3.8) is 0 Å². The average Bonchev–Trinajstić information content (AvgIpc) is 3.21. The maximum Gasteiger partial charge on any atom is 0.306 e. The molecule has 0 aromatic carbocycles. The molecule has 4 aliphatic rings. The minimum absolute atomic E-state index is 0.0485. The summed E-state index contributed by atoms with van der Waals surface area (Å²) >= 11 is 0. The third-order valence-electron chi connectivity index (χ3n) is 12.0. The average molecular weight is 513 g/mol. The summed E-state index contributed by atoms with van der Waals surface area (Å²) in [6.07, 6.45) is 23.9. The fraction of sp³-hybridized carbons (Fsp3) is 0.914. The molecule has 0 radical (unpaired) electrons. The van der Waals surface area contributed by atoms with E-state index < -0.39 is 0 Å². The van der Waals surface area contributed by atoms with E-state index in [1.165, 1.54) is 77.0 Å². The number of fused-ring (bicyclic) bond motifs is 5. The molecule has 2 heteroatoms. The second-order valence-corrected chi connectivity index (χ2v) is 14.8. The summed E-state index contributed by atoms with van der Waals surface area (Å²) in [6.45, 7) is 14.9. The van der Waals surface area contributed by atoms with Gasteiger partial charge in [0.2, 0.25) is 0 Å². The molecule has 0 saturated heterocycles. The monoisotopic (exact) mass is 512 g/mol. The van der Waals surface area contributed by atoms with Crippen molar-refractivity contribution < 1.29 is 9.53 Å². The SMILES string of the molecule is CCCCCCCC(=O)O[C@@H]1CC[C@@]2(C)C(=CC[C@@H]3[C@H]2CC[C@]2(C)[C@@H]([C@H](C)CCCC(C)C)CC[C@@H]32)C1. The Morgan fingerprint density at radius 1 is 0.946 bits per heavy atom. The fourth-order valence-electron chi connectivity index (χ4n) is 9.87. The molecule has 0 aromatic heterocycles. The van der Waals surface area contributed by atoms with Crippen LogP contribution in [0.2, 0.25) is 0 Å². The van der Waals surface area contributed by atoms with Crippen molar-refractivity contribution in [2.24, 2.45) is 46.3 Å². The molecule has 0 aliphatic heterocycles. The van der Waals surface area contributed by atoms with Gasteiger partial charge in [-0.25, -0.2) is 0 Å². The molecule has 3 fully saturated rings. The largest absolute Gasteiger partial charge is 0.462 e. The molecule has 0 amide bonds. The van der Waals surface area contributed by atoms with Gasteiger partial charge in [0, 0.05) is 12.8 Å². The number of carbonyl (C=O) groups excluding carboxylic acids is 1. The van der Waals surface area contributed by atoms with Crippen molar-refractivity contribution in [1.29, 1.82) is 0 Å². The zero-order valence-electron chi connectivity index (χ0n) is 25.5. The van der Waals surface area contributed by atoms with E-state index in [1.807, 2.05) is 0 Å². The van der Waals surface area contributed by atoms with Crippen molar-refractivity contribution in [3.05, 3.63) is 11.6 Å². The van der Waals surface area contributed by atoms with Gasteiger partial charge in [0.1, 0.15) is 6.10 Å². The molecule has 3 saturated carbocycles. The molecule has 212 valence electrons. The summed E-state index contributed by atoms with van der Waals surface area (Å²) in [5.41, 5.74) is 2.54. The van der Waals surface area contributed by atoms with Crippen molar-refractivity contribution >= 4 is 5.97 Å². The normalized spacial score (nSPS) is 37.9. The van der Waals surface area contributed by atoms with Crippen LogP contribution in [0.3, 0.4) is 0 Å². The summed E-state index contributed by atoms with van der Waals surface area (Å²) in [5, 5.41) is 0. The van der Waals surface area contributed by atoms with Crippen molar-refractivity contribution in [1.82, 2.24) is 0 Å². The molecule has 2 nitrogen and oxygen atoms in total. The topological polar surface area (TPSA) is 26.3 Å². The zero-order chi connectivity index (χ0) is 26.6. The second kappa shape index (κ2) is 12.6. The van der Waals surface area contributed by atoms with Gasteiger partial charge in [-0.15, -0.1) is 0 Å². The number of rotatable bonds is 12. The highest BCUT2D eigenvalue weighted by atomic mass is 16.5. The highest BCUT2D eigenvalue weighted by Gasteiger charge is 2.59. The molecule has 0 aromatic rings. The minimum atomic E-state index is 0.0485. The maximum atomic E-state index is 12.5. The minimum Gasteiger partial charge on any atom is -0.462 e. The first-order valence-corrected chi connectivity index (χ1v) is 16.6. The van der Waals surface area contributed by atoms with Gasteiger partial charge in [-0.1, -0.05) is 98.1 Å². The van der Waals surface area contributed by atoms with Gasteiger partial charge >= 0.3 is 5.97 Å². The first-order valence-electron chi connectivity index (χ1n) is 16.6. The predicted molar refractivity (Wildman–Crippen MR) is 156 cm³/mol.